The summed E-state index contributed by atoms with van der Waals surface area (Å²) in [7, 11) is 0. The van der Waals surface area contributed by atoms with Crippen LogP contribution in [-0.4, -0.2) is 60.8 Å². The van der Waals surface area contributed by atoms with Crippen molar-refractivity contribution in [1.29, 1.82) is 0 Å². The Balaban J connectivity index is 1.15. The Hall–Kier alpha value is -4.83. The molecule has 0 radical (unpaired) electrons. The van der Waals surface area contributed by atoms with Gasteiger partial charge in [0.15, 0.2) is 5.82 Å². The maximum Gasteiger partial charge on any atom is 0.319 e. The number of pyridine rings is 1. The van der Waals surface area contributed by atoms with E-state index in [-0.39, 0.29) is 29.4 Å². The molecular formula is C35H29F2N7O2S. The molecule has 9 nitrogen and oxygen atoms in total. The summed E-state index contributed by atoms with van der Waals surface area (Å²) in [6.07, 6.45) is 11.8. The normalized spacial score (nSPS) is 17.5. The van der Waals surface area contributed by atoms with Crippen LogP contribution in [0.5, 0.6) is 6.01 Å². The van der Waals surface area contributed by atoms with Gasteiger partial charge in [-0.3, -0.25) is 4.98 Å². The third kappa shape index (κ3) is 5.30. The molecule has 0 aliphatic carbocycles. The standard InChI is InChI=1S/C35H29F2N7O2S/c1-2-24-27(36)11-7-20-5-3-6-25(30(20)24)32-31(37)33-26(16-38-32)34(44-17-21-8-9-22(18-44)40-21)42-35(41-33)46-14-4-13-43-19-39-28-15-23(47-45)10-12-29(28)43/h1,3,5-7,10-12,15-16,19,21-22,40,45H,4,8-9,13-14,17-18H2. The molecular weight excluding hydrogens is 620 g/mol. The predicted molar refractivity (Wildman–Crippen MR) is 179 cm³/mol. The van der Waals surface area contributed by atoms with Gasteiger partial charge in [-0.05, 0) is 48.9 Å². The first-order chi connectivity index (χ1) is 23.0. The molecule has 6 aromatic rings. The monoisotopic (exact) mass is 649 g/mol. The number of imidazole rings is 1. The number of benzene rings is 3. The Bertz CT molecular complexity index is 2210. The molecule has 3 aromatic heterocycles. The van der Waals surface area contributed by atoms with E-state index in [1.54, 1.807) is 36.8 Å². The molecule has 2 saturated heterocycles. The highest BCUT2D eigenvalue weighted by Crippen LogP contribution is 2.37. The van der Waals surface area contributed by atoms with Gasteiger partial charge in [0.1, 0.15) is 22.8 Å². The van der Waals surface area contributed by atoms with E-state index in [1.165, 1.54) is 6.07 Å². The quantitative estimate of drug-likeness (QED) is 0.110. The highest BCUT2D eigenvalue weighted by Gasteiger charge is 2.34. The van der Waals surface area contributed by atoms with Gasteiger partial charge < -0.3 is 24.1 Å². The molecule has 2 atom stereocenters. The number of terminal acetylenes is 1. The van der Waals surface area contributed by atoms with Crippen molar-refractivity contribution in [3.05, 3.63) is 78.3 Å². The minimum absolute atomic E-state index is 0.0240. The molecule has 2 aliphatic heterocycles. The van der Waals surface area contributed by atoms with Crippen molar-refractivity contribution in [1.82, 2.24) is 29.8 Å². The van der Waals surface area contributed by atoms with Crippen LogP contribution in [0.15, 0.2) is 66.0 Å². The Morgan fingerprint density at radius 2 is 1.91 bits per heavy atom. The van der Waals surface area contributed by atoms with Crippen LogP contribution >= 0.6 is 12.0 Å². The molecule has 5 heterocycles. The van der Waals surface area contributed by atoms with Crippen molar-refractivity contribution < 1.29 is 18.1 Å². The van der Waals surface area contributed by atoms with Crippen LogP contribution < -0.4 is 15.0 Å². The van der Waals surface area contributed by atoms with E-state index in [0.29, 0.717) is 64.6 Å². The highest BCUT2D eigenvalue weighted by molar-refractivity contribution is 7.93. The second-order valence-corrected chi connectivity index (χ2v) is 12.6. The van der Waals surface area contributed by atoms with E-state index in [9.17, 15) is 8.94 Å². The number of hydrogen-bond acceptors (Lipinski definition) is 9. The van der Waals surface area contributed by atoms with Crippen molar-refractivity contribution in [2.45, 2.75) is 42.8 Å². The fraction of sp³-hybridized carbons (Fsp3) is 0.257. The number of piperazine rings is 1. The zero-order chi connectivity index (χ0) is 32.1. The molecule has 8 rings (SSSR count). The molecule has 3 aromatic carbocycles. The Labute approximate surface area is 273 Å². The van der Waals surface area contributed by atoms with Crippen molar-refractivity contribution in [2.24, 2.45) is 0 Å². The first-order valence-corrected chi connectivity index (χ1v) is 16.2. The topological polar surface area (TPSA) is 101 Å². The number of rotatable bonds is 8. The third-order valence-electron chi connectivity index (χ3n) is 9.03. The van der Waals surface area contributed by atoms with E-state index < -0.39 is 11.6 Å². The van der Waals surface area contributed by atoms with Crippen LogP contribution in [0.4, 0.5) is 14.6 Å². The lowest BCUT2D eigenvalue weighted by molar-refractivity contribution is 0.280. The lowest BCUT2D eigenvalue weighted by Crippen LogP contribution is -2.51. The number of halogens is 2. The zero-order valence-electron chi connectivity index (χ0n) is 25.2. The summed E-state index contributed by atoms with van der Waals surface area (Å²) in [5.41, 5.74) is 2.28. The van der Waals surface area contributed by atoms with E-state index in [4.69, 9.17) is 16.1 Å². The van der Waals surface area contributed by atoms with Crippen LogP contribution in [0.25, 0.3) is 44.0 Å². The molecule has 12 heteroatoms. The zero-order valence-corrected chi connectivity index (χ0v) is 26.0. The van der Waals surface area contributed by atoms with Crippen LogP contribution in [-0.2, 0) is 6.54 Å². The smallest absolute Gasteiger partial charge is 0.319 e. The summed E-state index contributed by atoms with van der Waals surface area (Å²) >= 11 is 0.687. The summed E-state index contributed by atoms with van der Waals surface area (Å²) in [5.74, 6) is 1.80. The van der Waals surface area contributed by atoms with Crippen molar-refractivity contribution in [2.75, 3.05) is 24.6 Å². The predicted octanol–water partition coefficient (Wildman–Crippen LogP) is 6.43. The molecule has 2 N–H and O–H groups in total. The maximum atomic E-state index is 16.7. The molecule has 2 unspecified atom stereocenters. The fourth-order valence-electron chi connectivity index (χ4n) is 6.85. The van der Waals surface area contributed by atoms with E-state index >= 15 is 4.39 Å². The van der Waals surface area contributed by atoms with Gasteiger partial charge in [0.05, 0.1) is 34.9 Å². The fourth-order valence-corrected chi connectivity index (χ4v) is 7.15. The van der Waals surface area contributed by atoms with Gasteiger partial charge in [-0.25, -0.2) is 13.8 Å². The largest absolute Gasteiger partial charge is 0.463 e. The number of aryl methyl sites for hydroxylation is 1. The number of hydrogen-bond donors (Lipinski definition) is 2. The number of ether oxygens (including phenoxy) is 1. The molecule has 0 spiro atoms. The Morgan fingerprint density at radius 1 is 1.06 bits per heavy atom. The Kier molecular flexibility index (Phi) is 7.60. The SMILES string of the molecule is C#Cc1c(F)ccc2cccc(-c3ncc4c(N5CC6CCC(C5)N6)nc(OCCCn5cnc6cc(SO)ccc65)nc4c3F)c12. The lowest BCUT2D eigenvalue weighted by Gasteiger charge is -2.34. The average Bonchev–Trinajstić information content (AvgIpc) is 3.67. The second kappa shape index (κ2) is 12.1. The molecule has 2 bridgehead atoms. The van der Waals surface area contributed by atoms with Gasteiger partial charge in [0, 0.05) is 65.8 Å². The highest BCUT2D eigenvalue weighted by atomic mass is 32.2. The van der Waals surface area contributed by atoms with Gasteiger partial charge in [-0.15, -0.1) is 6.42 Å². The Morgan fingerprint density at radius 3 is 2.72 bits per heavy atom. The van der Waals surface area contributed by atoms with Gasteiger partial charge in [-0.2, -0.15) is 9.97 Å². The van der Waals surface area contributed by atoms with Crippen LogP contribution in [0, 0.1) is 24.0 Å². The van der Waals surface area contributed by atoms with E-state index in [0.717, 1.165) is 41.9 Å². The molecule has 236 valence electrons. The summed E-state index contributed by atoms with van der Waals surface area (Å²) in [4.78, 5) is 21.2. The first-order valence-electron chi connectivity index (χ1n) is 15.5. The lowest BCUT2D eigenvalue weighted by atomic mass is 9.96. The summed E-state index contributed by atoms with van der Waals surface area (Å²) in [5, 5.41) is 5.21. The van der Waals surface area contributed by atoms with Gasteiger partial charge in [0.25, 0.3) is 0 Å². The number of aromatic nitrogens is 5. The van der Waals surface area contributed by atoms with Crippen LogP contribution in [0.3, 0.4) is 0 Å². The maximum absolute atomic E-state index is 16.7. The molecule has 0 amide bonds. The van der Waals surface area contributed by atoms with Crippen LogP contribution in [0.2, 0.25) is 0 Å². The minimum Gasteiger partial charge on any atom is -0.463 e. The summed E-state index contributed by atoms with van der Waals surface area (Å²) in [6, 6.07) is 14.5. The van der Waals surface area contributed by atoms with Gasteiger partial charge >= 0.3 is 6.01 Å². The summed E-state index contributed by atoms with van der Waals surface area (Å²) in [6.45, 7) is 2.37. The minimum atomic E-state index is -0.654. The summed E-state index contributed by atoms with van der Waals surface area (Å²) < 4.78 is 48.9. The molecule has 47 heavy (non-hydrogen) atoms. The molecule has 2 aliphatic rings. The van der Waals surface area contributed by atoms with Crippen LogP contribution in [0.1, 0.15) is 24.8 Å². The molecule has 0 saturated carbocycles. The average molecular weight is 650 g/mol. The van der Waals surface area contributed by atoms with Crippen molar-refractivity contribution >= 4 is 50.6 Å². The molecule has 2 fully saturated rings. The van der Waals surface area contributed by atoms with Crippen molar-refractivity contribution in [3.63, 3.8) is 0 Å². The van der Waals surface area contributed by atoms with E-state index in [1.807, 2.05) is 22.8 Å². The number of fused-ring (bicyclic) bond motifs is 5. The third-order valence-corrected chi connectivity index (χ3v) is 9.49. The number of nitrogens with one attached hydrogen (secondary N) is 1. The first kappa shape index (κ1) is 29.6. The number of nitrogens with zero attached hydrogens (tertiary/aromatic N) is 6. The van der Waals surface area contributed by atoms with Gasteiger partial charge in [-0.1, -0.05) is 30.2 Å². The second-order valence-electron chi connectivity index (χ2n) is 11.9. The van der Waals surface area contributed by atoms with Gasteiger partial charge in [0.2, 0.25) is 0 Å². The van der Waals surface area contributed by atoms with E-state index in [2.05, 4.69) is 31.1 Å². The van der Waals surface area contributed by atoms with Crippen molar-refractivity contribution in [3.8, 4) is 29.6 Å². The number of anilines is 1.